The molecule has 3 heterocycles. The monoisotopic (exact) mass is 644 g/mol. The quantitative estimate of drug-likeness (QED) is 0.180. The largest absolute Gasteiger partial charge is 0.465 e. The van der Waals surface area contributed by atoms with Gasteiger partial charge < -0.3 is 34.3 Å². The van der Waals surface area contributed by atoms with Crippen LogP contribution in [-0.4, -0.2) is 75.6 Å². The van der Waals surface area contributed by atoms with Crippen molar-refractivity contribution in [2.75, 3.05) is 46.7 Å². The Kier molecular flexibility index (Phi) is 10.3. The summed E-state index contributed by atoms with van der Waals surface area (Å²) in [5, 5.41) is 1.10. The number of ether oxygens (including phenoxy) is 5. The molecule has 13 heteroatoms. The number of halogens is 1. The molecule has 0 radical (unpaired) electrons. The lowest BCUT2D eigenvalue weighted by Crippen LogP contribution is -2.51. The first-order chi connectivity index (χ1) is 21.7. The second-order valence-corrected chi connectivity index (χ2v) is 11.7. The third kappa shape index (κ3) is 6.94. The molecule has 3 aliphatic heterocycles. The van der Waals surface area contributed by atoms with Crippen LogP contribution in [0.25, 0.3) is 0 Å². The van der Waals surface area contributed by atoms with Crippen LogP contribution in [0.1, 0.15) is 38.2 Å². The fourth-order valence-electron chi connectivity index (χ4n) is 5.93. The van der Waals surface area contributed by atoms with Crippen molar-refractivity contribution in [2.24, 2.45) is 23.5 Å². The molecule has 1 aromatic carbocycles. The summed E-state index contributed by atoms with van der Waals surface area (Å²) >= 11 is 6.75. The van der Waals surface area contributed by atoms with E-state index in [2.05, 4.69) is 0 Å². The molecule has 5 aliphatic rings. The number of fused-ring (bicyclic) bond motifs is 4. The normalized spacial score (nSPS) is 22.4. The average molecular weight is 645 g/mol. The smallest absolute Gasteiger partial charge is 0.356 e. The lowest BCUT2D eigenvalue weighted by Gasteiger charge is -2.44. The summed E-state index contributed by atoms with van der Waals surface area (Å²) in [6.45, 7) is 2.16. The fraction of sp³-hybridized carbons (Fsp3) is 0.500. The topological polar surface area (TPSA) is 153 Å². The second-order valence-electron chi connectivity index (χ2n) is 11.3. The lowest BCUT2D eigenvalue weighted by atomic mass is 9.75. The summed E-state index contributed by atoms with van der Waals surface area (Å²) in [5.74, 6) is -2.76. The van der Waals surface area contributed by atoms with Gasteiger partial charge in [0.25, 0.3) is 0 Å². The summed E-state index contributed by atoms with van der Waals surface area (Å²) in [4.78, 5) is 60.1. The van der Waals surface area contributed by atoms with E-state index in [0.717, 1.165) is 50.0 Å². The summed E-state index contributed by atoms with van der Waals surface area (Å²) in [6.07, 6.45) is 5.99. The molecule has 1 aromatic rings. The first-order valence-corrected chi connectivity index (χ1v) is 15.3. The lowest BCUT2D eigenvalue weighted by molar-refractivity contribution is -0.177. The van der Waals surface area contributed by atoms with E-state index in [1.54, 1.807) is 12.1 Å². The van der Waals surface area contributed by atoms with Crippen LogP contribution < -0.4 is 5.73 Å². The van der Waals surface area contributed by atoms with E-state index in [1.165, 1.54) is 19.1 Å². The summed E-state index contributed by atoms with van der Waals surface area (Å²) in [6, 6.07) is 6.35. The number of carbonyl (C=O) groups is 4. The minimum atomic E-state index is -2.28. The summed E-state index contributed by atoms with van der Waals surface area (Å²) < 4.78 is 28.6. The van der Waals surface area contributed by atoms with E-state index in [1.807, 2.05) is 0 Å². The van der Waals surface area contributed by atoms with E-state index in [9.17, 15) is 19.2 Å². The van der Waals surface area contributed by atoms with Crippen molar-refractivity contribution in [3.05, 3.63) is 69.5 Å². The van der Waals surface area contributed by atoms with Crippen molar-refractivity contribution in [1.82, 2.24) is 5.06 Å². The van der Waals surface area contributed by atoms with Crippen LogP contribution in [0.3, 0.4) is 0 Å². The molecule has 242 valence electrons. The molecule has 1 atom stereocenters. The van der Waals surface area contributed by atoms with Gasteiger partial charge >= 0.3 is 23.9 Å². The van der Waals surface area contributed by atoms with E-state index in [0.29, 0.717) is 25.0 Å². The Labute approximate surface area is 266 Å². The van der Waals surface area contributed by atoms with Gasteiger partial charge in [0, 0.05) is 29.3 Å². The standard InChI is InChI=1S/C32H37ClN2O10/c1-19-28(30(38)40-2)32(23-5-3-4-6-24(23)33)29(31(39)43-17-22(20-7-8-20)21-9-10-21)25(18-42-16-15-41-14-13-34)35(19)45-27(37)12-11-26(36)44-32/h3-6,11-12,20-22H,7-10,13-18,34H2,1-2H3/b12-11+. The molecule has 2 bridgehead atoms. The van der Waals surface area contributed by atoms with Gasteiger partial charge in [-0.25, -0.2) is 19.2 Å². The van der Waals surface area contributed by atoms with Gasteiger partial charge in [-0.15, -0.1) is 0 Å². The van der Waals surface area contributed by atoms with Crippen molar-refractivity contribution < 1.29 is 47.7 Å². The molecule has 0 spiro atoms. The van der Waals surface area contributed by atoms with Crippen LogP contribution in [-0.2, 0) is 53.3 Å². The number of esters is 3. The number of nitrogens with zero attached hydrogens (tertiary/aromatic N) is 1. The number of rotatable bonds is 14. The van der Waals surface area contributed by atoms with Gasteiger partial charge in [-0.05, 0) is 56.4 Å². The number of benzene rings is 1. The average Bonchev–Trinajstić information content (AvgIpc) is 3.95. The van der Waals surface area contributed by atoms with Crippen LogP contribution >= 0.6 is 11.6 Å². The summed E-state index contributed by atoms with van der Waals surface area (Å²) in [5.41, 5.74) is 2.66. The van der Waals surface area contributed by atoms with Crippen LogP contribution in [0.2, 0.25) is 5.02 Å². The minimum absolute atomic E-state index is 0.00147. The number of hydrogen-bond donors (Lipinski definition) is 1. The van der Waals surface area contributed by atoms with Crippen molar-refractivity contribution >= 4 is 35.5 Å². The Morgan fingerprint density at radius 3 is 2.31 bits per heavy atom. The van der Waals surface area contributed by atoms with Gasteiger partial charge in [0.1, 0.15) is 11.1 Å². The Hall–Kier alpha value is -3.71. The van der Waals surface area contributed by atoms with Gasteiger partial charge in [-0.1, -0.05) is 29.8 Å². The van der Waals surface area contributed by atoms with Crippen LogP contribution in [0.4, 0.5) is 0 Å². The SMILES string of the molecule is COC(=O)C1=C(C)N2OC(=O)/C=C/C(=O)OC1(c1ccccc1Cl)C(C(=O)OCC(C1CC1)C1CC1)=C2COCCOCCN. The maximum absolute atomic E-state index is 14.5. The first-order valence-electron chi connectivity index (χ1n) is 15.0. The molecular weight excluding hydrogens is 608 g/mol. The molecule has 2 fully saturated rings. The Balaban J connectivity index is 1.70. The Bertz CT molecular complexity index is 1420. The van der Waals surface area contributed by atoms with Crippen molar-refractivity contribution in [3.63, 3.8) is 0 Å². The molecule has 2 N–H and O–H groups in total. The highest BCUT2D eigenvalue weighted by Gasteiger charge is 2.58. The van der Waals surface area contributed by atoms with E-state index in [4.69, 9.17) is 45.9 Å². The molecule has 0 amide bonds. The maximum atomic E-state index is 14.5. The van der Waals surface area contributed by atoms with Gasteiger partial charge in [-0.2, -0.15) is 5.06 Å². The maximum Gasteiger partial charge on any atom is 0.356 e. The zero-order valence-corrected chi connectivity index (χ0v) is 26.0. The van der Waals surface area contributed by atoms with Gasteiger partial charge in [0.15, 0.2) is 0 Å². The van der Waals surface area contributed by atoms with Crippen molar-refractivity contribution in [1.29, 1.82) is 0 Å². The van der Waals surface area contributed by atoms with Crippen molar-refractivity contribution in [2.45, 2.75) is 38.2 Å². The molecule has 1 unspecified atom stereocenters. The number of allylic oxidation sites excluding steroid dienone is 1. The molecule has 2 aliphatic carbocycles. The van der Waals surface area contributed by atoms with E-state index < -0.39 is 29.5 Å². The van der Waals surface area contributed by atoms with Gasteiger partial charge in [-0.3, -0.25) is 0 Å². The zero-order valence-electron chi connectivity index (χ0n) is 25.3. The van der Waals surface area contributed by atoms with Gasteiger partial charge in [0.2, 0.25) is 5.60 Å². The predicted molar refractivity (Wildman–Crippen MR) is 159 cm³/mol. The first kappa shape index (κ1) is 32.7. The molecule has 12 nitrogen and oxygen atoms in total. The molecule has 0 aromatic heterocycles. The van der Waals surface area contributed by atoms with Crippen LogP contribution in [0.5, 0.6) is 0 Å². The highest BCUT2D eigenvalue weighted by Crippen LogP contribution is 2.52. The third-order valence-corrected chi connectivity index (χ3v) is 8.61. The number of methoxy groups -OCH3 is 1. The molecule has 45 heavy (non-hydrogen) atoms. The highest BCUT2D eigenvalue weighted by atomic mass is 35.5. The number of hydroxylamine groups is 2. The molecule has 6 rings (SSSR count). The zero-order chi connectivity index (χ0) is 32.1. The second kappa shape index (κ2) is 14.2. The molecular formula is C32H37ClN2O10. The summed E-state index contributed by atoms with van der Waals surface area (Å²) in [7, 11) is 1.14. The molecule has 2 saturated carbocycles. The number of hydrogen-bond acceptors (Lipinski definition) is 12. The number of nitrogens with two attached hydrogens (primary N) is 1. The van der Waals surface area contributed by atoms with E-state index in [-0.39, 0.29) is 65.5 Å². The van der Waals surface area contributed by atoms with Crippen LogP contribution in [0, 0.1) is 17.8 Å². The Morgan fingerprint density at radius 1 is 1.00 bits per heavy atom. The van der Waals surface area contributed by atoms with Gasteiger partial charge in [0.05, 0.1) is 51.5 Å². The molecule has 0 saturated heterocycles. The van der Waals surface area contributed by atoms with Crippen molar-refractivity contribution in [3.8, 4) is 0 Å². The predicted octanol–water partition coefficient (Wildman–Crippen LogP) is 3.09. The third-order valence-electron chi connectivity index (χ3n) is 8.28. The highest BCUT2D eigenvalue weighted by molar-refractivity contribution is 6.31. The fourth-order valence-corrected chi connectivity index (χ4v) is 6.20. The van der Waals surface area contributed by atoms with E-state index >= 15 is 0 Å². The van der Waals surface area contributed by atoms with Crippen LogP contribution in [0.15, 0.2) is 59.0 Å². The Morgan fingerprint density at radius 2 is 1.67 bits per heavy atom. The minimum Gasteiger partial charge on any atom is -0.465 e. The number of carbonyl (C=O) groups excluding carboxylic acids is 4.